The lowest BCUT2D eigenvalue weighted by atomic mass is 9.72. The summed E-state index contributed by atoms with van der Waals surface area (Å²) in [6, 6.07) is 12.9. The van der Waals surface area contributed by atoms with E-state index in [2.05, 4.69) is 9.72 Å². The number of aromatic nitrogens is 1. The van der Waals surface area contributed by atoms with Gasteiger partial charge in [-0.15, -0.1) is 13.2 Å². The van der Waals surface area contributed by atoms with Gasteiger partial charge in [0.15, 0.2) is 6.10 Å². The van der Waals surface area contributed by atoms with E-state index >= 15 is 0 Å². The van der Waals surface area contributed by atoms with E-state index < -0.39 is 48.2 Å². The van der Waals surface area contributed by atoms with Crippen LogP contribution in [0.1, 0.15) is 22.4 Å². The maximum Gasteiger partial charge on any atom is 0.573 e. The normalized spacial score (nSPS) is 18.8. The molecule has 2 aromatic carbocycles. The van der Waals surface area contributed by atoms with Crippen molar-refractivity contribution in [3.63, 3.8) is 0 Å². The lowest BCUT2D eigenvalue weighted by Gasteiger charge is -2.33. The Balaban J connectivity index is 1.86. The minimum atomic E-state index is -4.99. The zero-order chi connectivity index (χ0) is 27.9. The van der Waals surface area contributed by atoms with Gasteiger partial charge in [-0.05, 0) is 53.4 Å². The second-order valence-electron chi connectivity index (χ2n) is 8.84. The van der Waals surface area contributed by atoms with Crippen LogP contribution in [0.3, 0.4) is 0 Å². The first-order chi connectivity index (χ1) is 17.6. The van der Waals surface area contributed by atoms with Crippen LogP contribution in [0.25, 0.3) is 0 Å². The van der Waals surface area contributed by atoms with Crippen LogP contribution in [0.4, 0.5) is 45.2 Å². The van der Waals surface area contributed by atoms with Crippen molar-refractivity contribution in [1.29, 1.82) is 0 Å². The molecular formula is C25H19F9N2O2. The molecule has 0 bridgehead atoms. The first kappa shape index (κ1) is 27.6. The number of ether oxygens (including phenoxy) is 1. The van der Waals surface area contributed by atoms with Crippen LogP contribution < -0.4 is 9.64 Å². The number of anilines is 1. The molecule has 0 fully saturated rings. The van der Waals surface area contributed by atoms with E-state index in [4.69, 9.17) is 0 Å². The van der Waals surface area contributed by atoms with Gasteiger partial charge in [0.2, 0.25) is 0 Å². The molecular weight excluding hydrogens is 531 g/mol. The van der Waals surface area contributed by atoms with E-state index in [1.54, 1.807) is 6.07 Å². The van der Waals surface area contributed by atoms with Gasteiger partial charge in [-0.1, -0.05) is 30.3 Å². The molecule has 3 aromatic rings. The summed E-state index contributed by atoms with van der Waals surface area (Å²) >= 11 is 0. The van der Waals surface area contributed by atoms with Crippen LogP contribution in [0.2, 0.25) is 0 Å². The van der Waals surface area contributed by atoms with E-state index in [0.29, 0.717) is 5.56 Å². The summed E-state index contributed by atoms with van der Waals surface area (Å²) in [5.41, 5.74) is -1.83. The van der Waals surface area contributed by atoms with Crippen LogP contribution in [-0.4, -0.2) is 41.8 Å². The van der Waals surface area contributed by atoms with Gasteiger partial charge in [0.05, 0.1) is 6.54 Å². The van der Waals surface area contributed by atoms with Crippen molar-refractivity contribution >= 4 is 5.69 Å². The molecule has 204 valence electrons. The Morgan fingerprint density at radius 3 is 2.29 bits per heavy atom. The molecule has 0 spiro atoms. The van der Waals surface area contributed by atoms with Crippen molar-refractivity contribution in [1.82, 2.24) is 4.98 Å². The second-order valence-corrected chi connectivity index (χ2v) is 8.84. The average molecular weight is 550 g/mol. The summed E-state index contributed by atoms with van der Waals surface area (Å²) in [7, 11) is 0. The number of fused-ring (bicyclic) bond motifs is 1. The van der Waals surface area contributed by atoms with Gasteiger partial charge in [0.1, 0.15) is 11.4 Å². The van der Waals surface area contributed by atoms with Gasteiger partial charge in [-0.3, -0.25) is 4.98 Å². The molecule has 13 heteroatoms. The van der Waals surface area contributed by atoms with Gasteiger partial charge in [-0.2, -0.15) is 26.3 Å². The molecule has 0 saturated heterocycles. The molecule has 2 heterocycles. The predicted molar refractivity (Wildman–Crippen MR) is 118 cm³/mol. The Bertz CT molecular complexity index is 1290. The van der Waals surface area contributed by atoms with Gasteiger partial charge >= 0.3 is 18.7 Å². The highest BCUT2D eigenvalue weighted by Gasteiger charge is 2.48. The molecule has 0 aliphatic carbocycles. The smallest absolute Gasteiger partial charge is 0.406 e. The number of halogens is 9. The Morgan fingerprint density at radius 1 is 0.921 bits per heavy atom. The number of alkyl halides is 9. The molecule has 0 radical (unpaired) electrons. The number of hydrogen-bond donors (Lipinski definition) is 1. The quantitative estimate of drug-likeness (QED) is 0.368. The minimum Gasteiger partial charge on any atom is -0.406 e. The molecule has 4 nitrogen and oxygen atoms in total. The Hall–Kier alpha value is -3.48. The number of aliphatic hydroxyl groups excluding tert-OH is 1. The van der Waals surface area contributed by atoms with Gasteiger partial charge < -0.3 is 14.7 Å². The highest BCUT2D eigenvalue weighted by Crippen LogP contribution is 2.48. The Labute approximate surface area is 210 Å². The zero-order valence-corrected chi connectivity index (χ0v) is 19.2. The van der Waals surface area contributed by atoms with Crippen molar-refractivity contribution in [3.8, 4) is 5.75 Å². The lowest BCUT2D eigenvalue weighted by Crippen LogP contribution is -2.44. The first-order valence-corrected chi connectivity index (χ1v) is 11.1. The van der Waals surface area contributed by atoms with E-state index in [0.717, 1.165) is 24.4 Å². The number of nitrogens with zero attached hydrogens (tertiary/aromatic N) is 2. The number of para-hydroxylation sites is 1. The summed E-state index contributed by atoms with van der Waals surface area (Å²) in [4.78, 5) is 4.56. The zero-order valence-electron chi connectivity index (χ0n) is 19.2. The van der Waals surface area contributed by atoms with Gasteiger partial charge in [-0.25, -0.2) is 0 Å². The number of pyridine rings is 1. The van der Waals surface area contributed by atoms with Crippen molar-refractivity contribution < 1.29 is 49.4 Å². The number of β-amino-alcohol motifs (C(OH)–C–C–N with tert-alkyl or cyclic N) is 1. The van der Waals surface area contributed by atoms with E-state index in [1.165, 1.54) is 41.3 Å². The molecule has 38 heavy (non-hydrogen) atoms. The summed E-state index contributed by atoms with van der Waals surface area (Å²) in [5, 5.41) is 9.75. The first-order valence-electron chi connectivity index (χ1n) is 11.1. The predicted octanol–water partition coefficient (Wildman–Crippen LogP) is 6.27. The van der Waals surface area contributed by atoms with Crippen LogP contribution in [0.5, 0.6) is 5.75 Å². The average Bonchev–Trinajstić information content (AvgIpc) is 3.11. The summed E-state index contributed by atoms with van der Waals surface area (Å²) in [6.07, 6.45) is -16.8. The summed E-state index contributed by atoms with van der Waals surface area (Å²) in [6.45, 7) is -1.21. The number of aliphatic hydroxyl groups is 1. The second kappa shape index (κ2) is 9.68. The lowest BCUT2D eigenvalue weighted by molar-refractivity contribution is -0.274. The number of benzene rings is 2. The van der Waals surface area contributed by atoms with Crippen molar-refractivity contribution in [2.45, 2.75) is 36.7 Å². The largest absolute Gasteiger partial charge is 0.573 e. The maximum absolute atomic E-state index is 13.5. The molecule has 1 aliphatic rings. The highest BCUT2D eigenvalue weighted by molar-refractivity contribution is 5.67. The summed E-state index contributed by atoms with van der Waals surface area (Å²) in [5.74, 6) is -0.563. The third-order valence-electron chi connectivity index (χ3n) is 6.23. The van der Waals surface area contributed by atoms with Crippen molar-refractivity contribution in [3.05, 3.63) is 89.2 Å². The fraction of sp³-hybridized carbons (Fsp3) is 0.320. The van der Waals surface area contributed by atoms with Crippen molar-refractivity contribution in [2.24, 2.45) is 0 Å². The molecule has 0 amide bonds. The van der Waals surface area contributed by atoms with Crippen LogP contribution in [0.15, 0.2) is 66.9 Å². The fourth-order valence-corrected chi connectivity index (χ4v) is 4.71. The molecule has 2 atom stereocenters. The minimum absolute atomic E-state index is 0.0402. The molecule has 1 aromatic heterocycles. The van der Waals surface area contributed by atoms with Crippen LogP contribution in [0, 0.1) is 0 Å². The SMILES string of the molecule is OC(CN1CC(Cc2cccc(OC(F)(F)F)c2)(c2ccnc(C(F)(F)F)c2)c2ccccc21)C(F)(F)F. The van der Waals surface area contributed by atoms with Crippen LogP contribution in [-0.2, 0) is 18.0 Å². The van der Waals surface area contributed by atoms with Crippen molar-refractivity contribution in [2.75, 3.05) is 18.0 Å². The summed E-state index contributed by atoms with van der Waals surface area (Å²) < 4.78 is 122. The Morgan fingerprint density at radius 2 is 1.63 bits per heavy atom. The Kier molecular flexibility index (Phi) is 7.02. The number of hydrogen-bond acceptors (Lipinski definition) is 4. The highest BCUT2D eigenvalue weighted by atomic mass is 19.4. The molecule has 4 rings (SSSR count). The molecule has 0 saturated carbocycles. The number of rotatable bonds is 6. The fourth-order valence-electron chi connectivity index (χ4n) is 4.71. The molecule has 1 aliphatic heterocycles. The standard InChI is InChI=1S/C25H19F9N2O2/c26-23(27,28)20-11-16(8-9-35-20)22(12-15-4-3-5-17(10-15)38-25(32,33)34)14-36(13-21(37)24(29,30)31)19-7-2-1-6-18(19)22/h1-11,21,37H,12-14H2. The molecule has 1 N–H and O–H groups in total. The monoisotopic (exact) mass is 550 g/mol. The topological polar surface area (TPSA) is 45.6 Å². The van der Waals surface area contributed by atoms with Gasteiger partial charge in [0, 0.05) is 23.8 Å². The third kappa shape index (κ3) is 5.82. The maximum atomic E-state index is 13.5. The van der Waals surface area contributed by atoms with E-state index in [-0.39, 0.29) is 29.8 Å². The third-order valence-corrected chi connectivity index (χ3v) is 6.23. The van der Waals surface area contributed by atoms with E-state index in [9.17, 15) is 44.6 Å². The molecule has 2 unspecified atom stereocenters. The van der Waals surface area contributed by atoms with Gasteiger partial charge in [0.25, 0.3) is 0 Å². The van der Waals surface area contributed by atoms with E-state index in [1.807, 2.05) is 0 Å². The van der Waals surface area contributed by atoms with Crippen LogP contribution >= 0.6 is 0 Å².